The van der Waals surface area contributed by atoms with Crippen molar-refractivity contribution in [1.29, 1.82) is 0 Å². The van der Waals surface area contributed by atoms with Gasteiger partial charge >= 0.3 is 0 Å². The van der Waals surface area contributed by atoms with Crippen LogP contribution in [0.5, 0.6) is 11.5 Å². The van der Waals surface area contributed by atoms with Gasteiger partial charge in [-0.2, -0.15) is 0 Å². The van der Waals surface area contributed by atoms with Gasteiger partial charge in [0.15, 0.2) is 11.5 Å². The third-order valence-electron chi connectivity index (χ3n) is 5.39. The average molecular weight is 638 g/mol. The number of hydrogen-bond donors (Lipinski definition) is 0. The molecule has 3 aromatic rings. The molecule has 8 nitrogen and oxygen atoms in total. The second-order valence-electron chi connectivity index (χ2n) is 7.95. The highest BCUT2D eigenvalue weighted by Crippen LogP contribution is 2.40. The number of rotatable bonds is 9. The van der Waals surface area contributed by atoms with Crippen LogP contribution in [0.15, 0.2) is 64.0 Å². The van der Waals surface area contributed by atoms with Crippen molar-refractivity contribution in [2.24, 2.45) is 0 Å². The monoisotopic (exact) mass is 636 g/mol. The smallest absolute Gasteiger partial charge is 0.293 e. The number of imide groups is 1. The summed E-state index contributed by atoms with van der Waals surface area (Å²) in [7, 11) is 0. The van der Waals surface area contributed by atoms with Crippen LogP contribution in [-0.4, -0.2) is 27.6 Å². The minimum absolute atomic E-state index is 0.155. The number of halogens is 3. The number of nitrogens with zero attached hydrogens (tertiary/aromatic N) is 2. The first-order valence-corrected chi connectivity index (χ1v) is 13.5. The van der Waals surface area contributed by atoms with Gasteiger partial charge < -0.3 is 9.47 Å². The van der Waals surface area contributed by atoms with Crippen LogP contribution in [0, 0.1) is 10.1 Å². The molecule has 0 unspecified atom stereocenters. The molecule has 0 spiro atoms. The van der Waals surface area contributed by atoms with E-state index in [4.69, 9.17) is 32.7 Å². The molecular weight excluding hydrogens is 619 g/mol. The van der Waals surface area contributed by atoms with Crippen LogP contribution in [0.4, 0.5) is 10.5 Å². The Kier molecular flexibility index (Phi) is 8.99. The molecule has 4 rings (SSSR count). The van der Waals surface area contributed by atoms with E-state index in [1.165, 1.54) is 18.2 Å². The SMILES string of the molecule is CCOc1cc(/C=C2/SC(=O)N(Cc3ccccc3[N+](=O)[O-])C2=O)cc(Br)c1OCc1ccc(Cl)c(Cl)c1. The fraction of sp³-hybridized carbons (Fsp3) is 0.154. The first-order chi connectivity index (χ1) is 18.2. The molecule has 1 heterocycles. The maximum Gasteiger partial charge on any atom is 0.293 e. The predicted octanol–water partition coefficient (Wildman–Crippen LogP) is 7.88. The Morgan fingerprint density at radius 1 is 1.08 bits per heavy atom. The molecule has 1 fully saturated rings. The minimum atomic E-state index is -0.539. The molecule has 0 aromatic heterocycles. The van der Waals surface area contributed by atoms with Crippen molar-refractivity contribution < 1.29 is 24.0 Å². The second kappa shape index (κ2) is 12.2. The van der Waals surface area contributed by atoms with E-state index in [1.54, 1.807) is 42.5 Å². The van der Waals surface area contributed by atoms with Crippen LogP contribution < -0.4 is 9.47 Å². The number of amides is 2. The van der Waals surface area contributed by atoms with Gasteiger partial charge in [-0.1, -0.05) is 47.5 Å². The molecule has 196 valence electrons. The summed E-state index contributed by atoms with van der Waals surface area (Å²) in [6, 6.07) is 14.7. The fourth-order valence-electron chi connectivity index (χ4n) is 3.64. The molecule has 0 N–H and O–H groups in total. The minimum Gasteiger partial charge on any atom is -0.490 e. The molecule has 2 amide bonds. The highest BCUT2D eigenvalue weighted by Gasteiger charge is 2.36. The molecule has 1 aliphatic heterocycles. The maximum atomic E-state index is 13.0. The number of carbonyl (C=O) groups excluding carboxylic acids is 2. The first kappa shape index (κ1) is 28.0. The third-order valence-corrected chi connectivity index (χ3v) is 7.62. The summed E-state index contributed by atoms with van der Waals surface area (Å²) in [6.07, 6.45) is 1.57. The van der Waals surface area contributed by atoms with Crippen LogP contribution >= 0.6 is 50.9 Å². The van der Waals surface area contributed by atoms with Crippen molar-refractivity contribution in [2.75, 3.05) is 6.61 Å². The average Bonchev–Trinajstić information content (AvgIpc) is 3.13. The molecule has 12 heteroatoms. The van der Waals surface area contributed by atoms with E-state index < -0.39 is 16.1 Å². The number of carbonyl (C=O) groups is 2. The van der Waals surface area contributed by atoms with Crippen molar-refractivity contribution in [1.82, 2.24) is 4.90 Å². The Morgan fingerprint density at radius 2 is 1.84 bits per heavy atom. The highest BCUT2D eigenvalue weighted by atomic mass is 79.9. The summed E-state index contributed by atoms with van der Waals surface area (Å²) >= 11 is 16.4. The van der Waals surface area contributed by atoms with Gasteiger partial charge in [-0.05, 0) is 76.1 Å². The number of hydrogen-bond acceptors (Lipinski definition) is 7. The van der Waals surface area contributed by atoms with Gasteiger partial charge in [-0.25, -0.2) is 0 Å². The molecule has 1 saturated heterocycles. The van der Waals surface area contributed by atoms with Crippen molar-refractivity contribution in [3.05, 3.63) is 101 Å². The zero-order valence-electron chi connectivity index (χ0n) is 19.8. The summed E-state index contributed by atoms with van der Waals surface area (Å²) in [5.74, 6) is 0.360. The van der Waals surface area contributed by atoms with E-state index in [9.17, 15) is 19.7 Å². The molecule has 0 radical (unpaired) electrons. The second-order valence-corrected chi connectivity index (χ2v) is 10.6. The predicted molar refractivity (Wildman–Crippen MR) is 151 cm³/mol. The number of benzene rings is 3. The fourth-order valence-corrected chi connectivity index (χ4v) is 5.37. The van der Waals surface area contributed by atoms with Gasteiger partial charge in [0.2, 0.25) is 0 Å². The molecule has 0 atom stereocenters. The van der Waals surface area contributed by atoms with Gasteiger partial charge in [-0.3, -0.25) is 24.6 Å². The lowest BCUT2D eigenvalue weighted by atomic mass is 10.1. The molecule has 0 bridgehead atoms. The van der Waals surface area contributed by atoms with E-state index >= 15 is 0 Å². The number of nitro groups is 1. The van der Waals surface area contributed by atoms with Gasteiger partial charge in [0.05, 0.1) is 37.5 Å². The topological polar surface area (TPSA) is 99.0 Å². The van der Waals surface area contributed by atoms with Gasteiger partial charge in [0.25, 0.3) is 16.8 Å². The standard InChI is InChI=1S/C26H19BrCl2N2O6S/c1-2-36-22-11-16(9-18(27)24(22)37-14-15-7-8-19(28)20(29)10-15)12-23-25(32)30(26(33)38-23)13-17-5-3-4-6-21(17)31(34)35/h3-12H,2,13-14H2,1H3/b23-12+. The summed E-state index contributed by atoms with van der Waals surface area (Å²) in [6.45, 7) is 2.21. The Bertz CT molecular complexity index is 1470. The summed E-state index contributed by atoms with van der Waals surface area (Å²) < 4.78 is 12.3. The van der Waals surface area contributed by atoms with Crippen molar-refractivity contribution >= 4 is 73.8 Å². The van der Waals surface area contributed by atoms with E-state index in [1.807, 2.05) is 6.92 Å². The normalized spacial score (nSPS) is 14.3. The van der Waals surface area contributed by atoms with Gasteiger partial charge in [0, 0.05) is 11.6 Å². The Morgan fingerprint density at radius 3 is 2.55 bits per heavy atom. The number of para-hydroxylation sites is 1. The molecule has 1 aliphatic rings. The van der Waals surface area contributed by atoms with Gasteiger partial charge in [0.1, 0.15) is 6.61 Å². The zero-order chi connectivity index (χ0) is 27.4. The van der Waals surface area contributed by atoms with Crippen molar-refractivity contribution in [2.45, 2.75) is 20.1 Å². The van der Waals surface area contributed by atoms with Gasteiger partial charge in [-0.15, -0.1) is 0 Å². The lowest BCUT2D eigenvalue weighted by Crippen LogP contribution is -2.27. The summed E-state index contributed by atoms with van der Waals surface area (Å²) in [5.41, 5.74) is 1.52. The largest absolute Gasteiger partial charge is 0.490 e. The van der Waals surface area contributed by atoms with Crippen molar-refractivity contribution in [3.63, 3.8) is 0 Å². The number of thioether (sulfide) groups is 1. The van der Waals surface area contributed by atoms with Crippen LogP contribution in [0.1, 0.15) is 23.6 Å². The molecule has 3 aromatic carbocycles. The third kappa shape index (κ3) is 6.32. The highest BCUT2D eigenvalue weighted by molar-refractivity contribution is 9.10. The Labute approximate surface area is 240 Å². The number of ether oxygens (including phenoxy) is 2. The molecular formula is C26H19BrCl2N2O6S. The summed E-state index contributed by atoms with van der Waals surface area (Å²) in [5, 5.41) is 11.7. The summed E-state index contributed by atoms with van der Waals surface area (Å²) in [4.78, 5) is 37.6. The van der Waals surface area contributed by atoms with Crippen LogP contribution in [0.2, 0.25) is 10.0 Å². The van der Waals surface area contributed by atoms with E-state index in [0.29, 0.717) is 38.2 Å². The first-order valence-electron chi connectivity index (χ1n) is 11.2. The number of nitro benzene ring substituents is 1. The van der Waals surface area contributed by atoms with E-state index in [-0.39, 0.29) is 29.3 Å². The van der Waals surface area contributed by atoms with E-state index in [2.05, 4.69) is 15.9 Å². The Hall–Kier alpha value is -3.05. The molecule has 38 heavy (non-hydrogen) atoms. The maximum absolute atomic E-state index is 13.0. The quantitative estimate of drug-likeness (QED) is 0.134. The van der Waals surface area contributed by atoms with Crippen LogP contribution in [-0.2, 0) is 17.9 Å². The molecule has 0 saturated carbocycles. The molecule has 0 aliphatic carbocycles. The van der Waals surface area contributed by atoms with Crippen molar-refractivity contribution in [3.8, 4) is 11.5 Å². The Balaban J connectivity index is 1.57. The lowest BCUT2D eigenvalue weighted by molar-refractivity contribution is -0.385. The van der Waals surface area contributed by atoms with Crippen LogP contribution in [0.25, 0.3) is 6.08 Å². The van der Waals surface area contributed by atoms with Crippen LogP contribution in [0.3, 0.4) is 0 Å². The lowest BCUT2D eigenvalue weighted by Gasteiger charge is -2.15. The zero-order valence-corrected chi connectivity index (χ0v) is 23.7. The van der Waals surface area contributed by atoms with E-state index in [0.717, 1.165) is 22.2 Å².